The van der Waals surface area contributed by atoms with Crippen molar-refractivity contribution in [3.8, 4) is 5.75 Å². The largest absolute Gasteiger partial charge is 0.494 e. The lowest BCUT2D eigenvalue weighted by Crippen LogP contribution is -2.28. The van der Waals surface area contributed by atoms with E-state index in [1.807, 2.05) is 32.0 Å². The third-order valence-corrected chi connectivity index (χ3v) is 2.78. The second-order valence-corrected chi connectivity index (χ2v) is 4.03. The highest BCUT2D eigenvalue weighted by molar-refractivity contribution is 5.35. The number of hydrazine groups is 1. The Morgan fingerprint density at radius 2 is 2.00 bits per heavy atom. The Bertz CT molecular complexity index is 331. The van der Waals surface area contributed by atoms with Gasteiger partial charge in [0.25, 0.3) is 0 Å². The molecule has 18 heavy (non-hydrogen) atoms. The van der Waals surface area contributed by atoms with Gasteiger partial charge in [-0.3, -0.25) is 11.3 Å². The summed E-state index contributed by atoms with van der Waals surface area (Å²) in [6.45, 7) is 6.18. The average molecular weight is 252 g/mol. The summed E-state index contributed by atoms with van der Waals surface area (Å²) in [5.74, 6) is 6.54. The van der Waals surface area contributed by atoms with Crippen LogP contribution in [0, 0.1) is 0 Å². The average Bonchev–Trinajstić information content (AvgIpc) is 2.41. The lowest BCUT2D eigenvalue weighted by atomic mass is 10.0. The molecule has 1 aromatic carbocycles. The van der Waals surface area contributed by atoms with Crippen LogP contribution in [0.4, 0.5) is 0 Å². The second-order valence-electron chi connectivity index (χ2n) is 4.03. The molecule has 0 heterocycles. The van der Waals surface area contributed by atoms with Crippen molar-refractivity contribution in [2.75, 3.05) is 19.8 Å². The lowest BCUT2D eigenvalue weighted by Gasteiger charge is -2.19. The normalized spacial score (nSPS) is 12.4. The lowest BCUT2D eigenvalue weighted by molar-refractivity contribution is 0.140. The minimum atomic E-state index is 0.105. The van der Waals surface area contributed by atoms with Crippen molar-refractivity contribution in [3.05, 3.63) is 29.8 Å². The Morgan fingerprint density at radius 1 is 1.22 bits per heavy atom. The van der Waals surface area contributed by atoms with E-state index in [4.69, 9.17) is 15.3 Å². The maximum atomic E-state index is 5.64. The number of para-hydroxylation sites is 1. The number of nitrogens with two attached hydrogens (primary N) is 1. The van der Waals surface area contributed by atoms with Gasteiger partial charge in [0, 0.05) is 24.8 Å². The molecule has 1 unspecified atom stereocenters. The van der Waals surface area contributed by atoms with Gasteiger partial charge in [-0.2, -0.15) is 0 Å². The first kappa shape index (κ1) is 15.0. The Balaban J connectivity index is 2.62. The topological polar surface area (TPSA) is 56.5 Å². The molecule has 0 saturated heterocycles. The van der Waals surface area contributed by atoms with Crippen molar-refractivity contribution in [2.45, 2.75) is 32.7 Å². The molecule has 0 aromatic heterocycles. The van der Waals surface area contributed by atoms with Gasteiger partial charge in [0.15, 0.2) is 0 Å². The van der Waals surface area contributed by atoms with Crippen molar-refractivity contribution < 1.29 is 9.47 Å². The van der Waals surface area contributed by atoms with E-state index in [0.29, 0.717) is 6.61 Å². The van der Waals surface area contributed by atoms with Crippen LogP contribution in [0.1, 0.15) is 38.3 Å². The van der Waals surface area contributed by atoms with Gasteiger partial charge in [0.05, 0.1) is 6.61 Å². The molecular weight excluding hydrogens is 228 g/mol. The summed E-state index contributed by atoms with van der Waals surface area (Å²) in [5.41, 5.74) is 3.97. The minimum absolute atomic E-state index is 0.105. The quantitative estimate of drug-likeness (QED) is 0.402. The van der Waals surface area contributed by atoms with Crippen molar-refractivity contribution >= 4 is 0 Å². The number of hydrogen-bond acceptors (Lipinski definition) is 4. The first-order valence-electron chi connectivity index (χ1n) is 6.59. The van der Waals surface area contributed by atoms with E-state index in [1.54, 1.807) is 0 Å². The van der Waals surface area contributed by atoms with Gasteiger partial charge in [0.1, 0.15) is 5.75 Å². The molecule has 0 radical (unpaired) electrons. The van der Waals surface area contributed by atoms with E-state index in [9.17, 15) is 0 Å². The summed E-state index contributed by atoms with van der Waals surface area (Å²) in [5, 5.41) is 0. The SMILES string of the molecule is CCOCCCC(NN)c1ccccc1OCC. The Labute approximate surface area is 109 Å². The van der Waals surface area contributed by atoms with Gasteiger partial charge < -0.3 is 9.47 Å². The van der Waals surface area contributed by atoms with Crippen LogP contribution in [0.2, 0.25) is 0 Å². The molecule has 0 spiro atoms. The predicted molar refractivity (Wildman–Crippen MR) is 73.4 cm³/mol. The standard InChI is InChI=1S/C14H24N2O2/c1-3-17-11-7-9-13(16-15)12-8-5-6-10-14(12)18-4-2/h5-6,8,10,13,16H,3-4,7,9,11,15H2,1-2H3. The Kier molecular flexibility index (Phi) is 7.41. The van der Waals surface area contributed by atoms with E-state index in [1.165, 1.54) is 0 Å². The zero-order valence-electron chi connectivity index (χ0n) is 11.3. The molecule has 0 aliphatic carbocycles. The highest BCUT2D eigenvalue weighted by atomic mass is 16.5. The Hall–Kier alpha value is -1.10. The maximum absolute atomic E-state index is 5.64. The van der Waals surface area contributed by atoms with Crippen LogP contribution >= 0.6 is 0 Å². The van der Waals surface area contributed by atoms with Crippen LogP contribution in [0.25, 0.3) is 0 Å². The van der Waals surface area contributed by atoms with Crippen LogP contribution in [-0.4, -0.2) is 19.8 Å². The van der Waals surface area contributed by atoms with Gasteiger partial charge in [-0.15, -0.1) is 0 Å². The smallest absolute Gasteiger partial charge is 0.124 e. The summed E-state index contributed by atoms with van der Waals surface area (Å²) < 4.78 is 11.0. The third kappa shape index (κ3) is 4.64. The van der Waals surface area contributed by atoms with Gasteiger partial charge >= 0.3 is 0 Å². The van der Waals surface area contributed by atoms with Crippen LogP contribution in [-0.2, 0) is 4.74 Å². The molecule has 3 N–H and O–H groups in total. The van der Waals surface area contributed by atoms with Crippen LogP contribution in [0.5, 0.6) is 5.75 Å². The second kappa shape index (κ2) is 8.91. The van der Waals surface area contributed by atoms with Crippen LogP contribution in [0.15, 0.2) is 24.3 Å². The molecule has 1 rings (SSSR count). The molecule has 4 heteroatoms. The highest BCUT2D eigenvalue weighted by Gasteiger charge is 2.14. The monoisotopic (exact) mass is 252 g/mol. The molecule has 4 nitrogen and oxygen atoms in total. The molecule has 0 fully saturated rings. The number of benzene rings is 1. The fourth-order valence-corrected chi connectivity index (χ4v) is 1.92. The fourth-order valence-electron chi connectivity index (χ4n) is 1.92. The summed E-state index contributed by atoms with van der Waals surface area (Å²) in [7, 11) is 0. The molecular formula is C14H24N2O2. The molecule has 1 aromatic rings. The summed E-state index contributed by atoms with van der Waals surface area (Å²) in [6.07, 6.45) is 1.91. The molecule has 0 aliphatic rings. The molecule has 0 bridgehead atoms. The molecule has 1 atom stereocenters. The number of nitrogens with one attached hydrogen (secondary N) is 1. The van der Waals surface area contributed by atoms with Crippen LogP contribution < -0.4 is 16.0 Å². The molecule has 0 amide bonds. The summed E-state index contributed by atoms with van der Waals surface area (Å²) >= 11 is 0. The zero-order chi connectivity index (χ0) is 13.2. The van der Waals surface area contributed by atoms with E-state index in [0.717, 1.165) is 37.4 Å². The fraction of sp³-hybridized carbons (Fsp3) is 0.571. The maximum Gasteiger partial charge on any atom is 0.124 e. The van der Waals surface area contributed by atoms with E-state index in [-0.39, 0.29) is 6.04 Å². The van der Waals surface area contributed by atoms with Crippen molar-refractivity contribution in [1.29, 1.82) is 0 Å². The highest BCUT2D eigenvalue weighted by Crippen LogP contribution is 2.27. The van der Waals surface area contributed by atoms with E-state index < -0.39 is 0 Å². The first-order valence-corrected chi connectivity index (χ1v) is 6.59. The van der Waals surface area contributed by atoms with Gasteiger partial charge in [-0.1, -0.05) is 18.2 Å². The number of ether oxygens (including phenoxy) is 2. The molecule has 102 valence electrons. The van der Waals surface area contributed by atoms with Gasteiger partial charge in [-0.05, 0) is 32.8 Å². The number of rotatable bonds is 9. The summed E-state index contributed by atoms with van der Waals surface area (Å²) in [4.78, 5) is 0. The summed E-state index contributed by atoms with van der Waals surface area (Å²) in [6, 6.07) is 8.11. The molecule has 0 saturated carbocycles. The van der Waals surface area contributed by atoms with Crippen LogP contribution in [0.3, 0.4) is 0 Å². The molecule has 0 aliphatic heterocycles. The van der Waals surface area contributed by atoms with E-state index in [2.05, 4.69) is 11.5 Å². The van der Waals surface area contributed by atoms with Crippen molar-refractivity contribution in [1.82, 2.24) is 5.43 Å². The van der Waals surface area contributed by atoms with Crippen molar-refractivity contribution in [3.63, 3.8) is 0 Å². The van der Waals surface area contributed by atoms with Gasteiger partial charge in [-0.25, -0.2) is 0 Å². The van der Waals surface area contributed by atoms with Gasteiger partial charge in [0.2, 0.25) is 0 Å². The first-order chi connectivity index (χ1) is 8.83. The third-order valence-electron chi connectivity index (χ3n) is 2.78. The number of hydrogen-bond donors (Lipinski definition) is 2. The zero-order valence-corrected chi connectivity index (χ0v) is 11.3. The Morgan fingerprint density at radius 3 is 2.67 bits per heavy atom. The predicted octanol–water partition coefficient (Wildman–Crippen LogP) is 2.41. The minimum Gasteiger partial charge on any atom is -0.494 e. The van der Waals surface area contributed by atoms with Crippen molar-refractivity contribution in [2.24, 2.45) is 5.84 Å². The van der Waals surface area contributed by atoms with E-state index >= 15 is 0 Å².